The van der Waals surface area contributed by atoms with Crippen LogP contribution in [-0.4, -0.2) is 46.9 Å². The summed E-state index contributed by atoms with van der Waals surface area (Å²) >= 11 is 0. The van der Waals surface area contributed by atoms with Gasteiger partial charge >= 0.3 is 5.97 Å². The van der Waals surface area contributed by atoms with Gasteiger partial charge in [0.2, 0.25) is 5.91 Å². The van der Waals surface area contributed by atoms with Crippen LogP contribution in [0.4, 0.5) is 0 Å². The van der Waals surface area contributed by atoms with Crippen molar-refractivity contribution < 1.29 is 24.5 Å². The van der Waals surface area contributed by atoms with Crippen molar-refractivity contribution in [1.29, 1.82) is 0 Å². The van der Waals surface area contributed by atoms with Crippen molar-refractivity contribution in [3.05, 3.63) is 48.6 Å². The molecule has 3 N–H and O–H groups in total. The summed E-state index contributed by atoms with van der Waals surface area (Å²) in [4.78, 5) is 26.1. The molecule has 0 bridgehead atoms. The van der Waals surface area contributed by atoms with Gasteiger partial charge in [-0.1, -0.05) is 243 Å². The van der Waals surface area contributed by atoms with Gasteiger partial charge in [0.1, 0.15) is 6.10 Å². The second-order valence-electron chi connectivity index (χ2n) is 17.7. The maximum atomic E-state index is 13.2. The predicted molar refractivity (Wildman–Crippen MR) is 259 cm³/mol. The van der Waals surface area contributed by atoms with Crippen LogP contribution in [0.25, 0.3) is 0 Å². The van der Waals surface area contributed by atoms with E-state index in [1.807, 2.05) is 0 Å². The Bertz CT molecular complexity index is 1040. The highest BCUT2D eigenvalue weighted by atomic mass is 16.5. The number of hydrogen-bond acceptors (Lipinski definition) is 5. The minimum atomic E-state index is -0.790. The van der Waals surface area contributed by atoms with E-state index in [4.69, 9.17) is 4.74 Å². The number of carbonyl (C=O) groups is 2. The minimum Gasteiger partial charge on any atom is -0.462 e. The number of allylic oxidation sites excluding steroid dienone is 8. The molecule has 0 heterocycles. The summed E-state index contributed by atoms with van der Waals surface area (Å²) < 4.78 is 5.92. The fraction of sp³-hybridized carbons (Fsp3) is 0.815. The lowest BCUT2D eigenvalue weighted by molar-refractivity contribution is -0.151. The Morgan fingerprint density at radius 3 is 1.32 bits per heavy atom. The molecule has 60 heavy (non-hydrogen) atoms. The molecule has 0 radical (unpaired) electrons. The zero-order chi connectivity index (χ0) is 43.8. The molecule has 6 nitrogen and oxygen atoms in total. The molecule has 3 unspecified atom stereocenters. The SMILES string of the molecule is CCCCC/C=C/C=C/C=C/C=C/CCCCCCCC(=O)OC(CCCCCCCCCCCC)CC(=O)NC(CO)C(O)CCCCCCCCCCCCCCC. The van der Waals surface area contributed by atoms with Gasteiger partial charge in [0, 0.05) is 6.42 Å². The van der Waals surface area contributed by atoms with E-state index >= 15 is 0 Å². The second kappa shape index (κ2) is 47.9. The molecular formula is C54H99NO5. The first-order chi connectivity index (χ1) is 29.5. The zero-order valence-corrected chi connectivity index (χ0v) is 39.8. The van der Waals surface area contributed by atoms with Crippen molar-refractivity contribution in [2.45, 2.75) is 277 Å². The minimum absolute atomic E-state index is 0.0697. The molecule has 0 aliphatic carbocycles. The topological polar surface area (TPSA) is 95.9 Å². The summed E-state index contributed by atoms with van der Waals surface area (Å²) in [6.07, 6.45) is 57.3. The molecule has 0 aromatic rings. The van der Waals surface area contributed by atoms with E-state index in [1.54, 1.807) is 0 Å². The monoisotopic (exact) mass is 842 g/mol. The number of aliphatic hydroxyl groups excluding tert-OH is 2. The summed E-state index contributed by atoms with van der Waals surface area (Å²) in [5.41, 5.74) is 0. The van der Waals surface area contributed by atoms with E-state index < -0.39 is 18.2 Å². The molecule has 350 valence electrons. The van der Waals surface area contributed by atoms with Gasteiger partial charge in [0.05, 0.1) is 25.2 Å². The fourth-order valence-electron chi connectivity index (χ4n) is 7.80. The summed E-state index contributed by atoms with van der Waals surface area (Å²) in [7, 11) is 0. The van der Waals surface area contributed by atoms with E-state index in [1.165, 1.54) is 135 Å². The van der Waals surface area contributed by atoms with Crippen LogP contribution >= 0.6 is 0 Å². The van der Waals surface area contributed by atoms with Crippen LogP contribution < -0.4 is 5.32 Å². The van der Waals surface area contributed by atoms with Crippen LogP contribution in [-0.2, 0) is 14.3 Å². The van der Waals surface area contributed by atoms with E-state index in [-0.39, 0.29) is 24.9 Å². The van der Waals surface area contributed by atoms with Crippen LogP contribution in [0.15, 0.2) is 48.6 Å². The standard InChI is InChI=1S/C54H99NO5/c1-4-7-10-13-16-19-22-24-25-26-27-28-30-32-35-38-41-44-47-54(59)60-50(45-42-39-36-33-21-18-15-12-9-6-3)48-53(58)55-51(49-56)52(57)46-43-40-37-34-31-29-23-20-17-14-11-8-5-2/h16,19,22,24-28,50-52,56-57H,4-15,17-18,20-21,23,29-49H2,1-3H3,(H,55,58)/b19-16+,24-22+,26-25+,28-27+. The third-order valence-corrected chi connectivity index (χ3v) is 11.8. The number of ether oxygens (including phenoxy) is 1. The van der Waals surface area contributed by atoms with E-state index in [0.29, 0.717) is 19.3 Å². The molecular weight excluding hydrogens is 743 g/mol. The van der Waals surface area contributed by atoms with Crippen molar-refractivity contribution >= 4 is 11.9 Å². The zero-order valence-electron chi connectivity index (χ0n) is 39.8. The van der Waals surface area contributed by atoms with Gasteiger partial charge in [-0.05, 0) is 51.4 Å². The molecule has 0 aliphatic heterocycles. The lowest BCUT2D eigenvalue weighted by atomic mass is 10.0. The van der Waals surface area contributed by atoms with E-state index in [9.17, 15) is 19.8 Å². The highest BCUT2D eigenvalue weighted by molar-refractivity contribution is 5.77. The van der Waals surface area contributed by atoms with Gasteiger partial charge in [-0.15, -0.1) is 0 Å². The number of amides is 1. The average Bonchev–Trinajstić information content (AvgIpc) is 3.24. The van der Waals surface area contributed by atoms with Gasteiger partial charge in [-0.2, -0.15) is 0 Å². The molecule has 0 rings (SSSR count). The first kappa shape index (κ1) is 57.8. The highest BCUT2D eigenvalue weighted by Gasteiger charge is 2.24. The van der Waals surface area contributed by atoms with Gasteiger partial charge < -0.3 is 20.3 Å². The number of unbranched alkanes of at least 4 members (excludes halogenated alkanes) is 29. The first-order valence-corrected chi connectivity index (χ1v) is 25.9. The van der Waals surface area contributed by atoms with Crippen molar-refractivity contribution in [3.63, 3.8) is 0 Å². The van der Waals surface area contributed by atoms with E-state index in [2.05, 4.69) is 74.7 Å². The average molecular weight is 842 g/mol. The van der Waals surface area contributed by atoms with Gasteiger partial charge in [-0.25, -0.2) is 0 Å². The van der Waals surface area contributed by atoms with Crippen molar-refractivity contribution in [2.24, 2.45) is 0 Å². The number of nitrogens with one attached hydrogen (secondary N) is 1. The lowest BCUT2D eigenvalue weighted by Crippen LogP contribution is -2.46. The van der Waals surface area contributed by atoms with Gasteiger partial charge in [-0.3, -0.25) is 9.59 Å². The Kier molecular flexibility index (Phi) is 46.1. The third-order valence-electron chi connectivity index (χ3n) is 11.8. The fourth-order valence-corrected chi connectivity index (χ4v) is 7.80. The molecule has 1 amide bonds. The highest BCUT2D eigenvalue weighted by Crippen LogP contribution is 2.18. The quantitative estimate of drug-likeness (QED) is 0.0322. The number of aliphatic hydroxyl groups is 2. The molecule has 0 aliphatic rings. The summed E-state index contributed by atoms with van der Waals surface area (Å²) in [5, 5.41) is 23.7. The van der Waals surface area contributed by atoms with Crippen LogP contribution in [0.3, 0.4) is 0 Å². The van der Waals surface area contributed by atoms with E-state index in [0.717, 1.165) is 77.0 Å². The normalized spacial score (nSPS) is 13.6. The smallest absolute Gasteiger partial charge is 0.306 e. The van der Waals surface area contributed by atoms with Crippen molar-refractivity contribution in [3.8, 4) is 0 Å². The predicted octanol–water partition coefficient (Wildman–Crippen LogP) is 15.5. The Morgan fingerprint density at radius 1 is 0.483 bits per heavy atom. The molecule has 0 aromatic carbocycles. The maximum absolute atomic E-state index is 13.2. The molecule has 0 fully saturated rings. The lowest BCUT2D eigenvalue weighted by Gasteiger charge is -2.24. The largest absolute Gasteiger partial charge is 0.462 e. The van der Waals surface area contributed by atoms with Crippen LogP contribution in [0, 0.1) is 0 Å². The molecule has 3 atom stereocenters. The first-order valence-electron chi connectivity index (χ1n) is 25.9. The van der Waals surface area contributed by atoms with Crippen molar-refractivity contribution in [1.82, 2.24) is 5.32 Å². The second-order valence-corrected chi connectivity index (χ2v) is 17.7. The van der Waals surface area contributed by atoms with Crippen LogP contribution in [0.1, 0.15) is 258 Å². The summed E-state index contributed by atoms with van der Waals surface area (Å²) in [6.45, 7) is 6.44. The maximum Gasteiger partial charge on any atom is 0.306 e. The molecule has 0 saturated heterocycles. The summed E-state index contributed by atoms with van der Waals surface area (Å²) in [5.74, 6) is -0.494. The van der Waals surface area contributed by atoms with Crippen LogP contribution in [0.5, 0.6) is 0 Å². The molecule has 0 spiro atoms. The van der Waals surface area contributed by atoms with Crippen molar-refractivity contribution in [2.75, 3.05) is 6.61 Å². The number of carbonyl (C=O) groups excluding carboxylic acids is 2. The molecule has 0 saturated carbocycles. The third kappa shape index (κ3) is 42.5. The molecule has 0 aromatic heterocycles. The van der Waals surface area contributed by atoms with Gasteiger partial charge in [0.15, 0.2) is 0 Å². The Hall–Kier alpha value is -2.18. The Morgan fingerprint density at radius 2 is 0.850 bits per heavy atom. The molecule has 6 heteroatoms. The summed E-state index contributed by atoms with van der Waals surface area (Å²) in [6, 6.07) is -0.704. The van der Waals surface area contributed by atoms with Crippen LogP contribution in [0.2, 0.25) is 0 Å². The number of rotatable bonds is 46. The Balaban J connectivity index is 4.54. The Labute approximate surface area is 372 Å². The van der Waals surface area contributed by atoms with Gasteiger partial charge in [0.25, 0.3) is 0 Å². The number of esters is 1. The number of hydrogen-bond donors (Lipinski definition) is 3.